The van der Waals surface area contributed by atoms with Gasteiger partial charge in [0.25, 0.3) is 0 Å². The highest BCUT2D eigenvalue weighted by atomic mass is 32.2. The molecule has 1 heterocycles. The van der Waals surface area contributed by atoms with Crippen molar-refractivity contribution in [2.75, 3.05) is 5.75 Å². The molecular formula is C13H17NO5S. The number of nitrogens with one attached hydrogen (secondary N) is 1. The summed E-state index contributed by atoms with van der Waals surface area (Å²) in [6.07, 6.45) is 0.0189. The van der Waals surface area contributed by atoms with Gasteiger partial charge >= 0.3 is 5.97 Å². The van der Waals surface area contributed by atoms with E-state index < -0.39 is 22.1 Å². The molecular weight excluding hydrogens is 282 g/mol. The number of sulfonamides is 1. The number of hydrogen-bond donors (Lipinski definition) is 2. The van der Waals surface area contributed by atoms with Crippen molar-refractivity contribution in [3.8, 4) is 5.75 Å². The highest BCUT2D eigenvalue weighted by Gasteiger charge is 2.28. The molecule has 0 saturated carbocycles. The molecule has 0 spiro atoms. The number of aliphatic carboxylic acids is 1. The van der Waals surface area contributed by atoms with Crippen molar-refractivity contribution >= 4 is 16.0 Å². The second kappa shape index (κ2) is 5.80. The van der Waals surface area contributed by atoms with Gasteiger partial charge in [0.05, 0.1) is 5.75 Å². The Morgan fingerprint density at radius 1 is 1.50 bits per heavy atom. The van der Waals surface area contributed by atoms with E-state index in [9.17, 15) is 13.2 Å². The van der Waals surface area contributed by atoms with Gasteiger partial charge in [-0.15, -0.1) is 0 Å². The molecule has 1 aliphatic heterocycles. The molecule has 0 fully saturated rings. The smallest absolute Gasteiger partial charge is 0.345 e. The zero-order valence-electron chi connectivity index (χ0n) is 11.1. The average Bonchev–Trinajstić information content (AvgIpc) is 2.79. The molecule has 20 heavy (non-hydrogen) atoms. The van der Waals surface area contributed by atoms with Gasteiger partial charge in [-0.05, 0) is 23.6 Å². The molecule has 0 amide bonds. The average molecular weight is 299 g/mol. The molecule has 2 rings (SSSR count). The van der Waals surface area contributed by atoms with Crippen LogP contribution in [0.3, 0.4) is 0 Å². The first-order valence-electron chi connectivity index (χ1n) is 6.40. The minimum Gasteiger partial charge on any atom is -0.478 e. The maximum atomic E-state index is 11.6. The maximum Gasteiger partial charge on any atom is 0.345 e. The van der Waals surface area contributed by atoms with Crippen LogP contribution in [0.4, 0.5) is 0 Å². The highest BCUT2D eigenvalue weighted by Crippen LogP contribution is 2.29. The first-order valence-corrected chi connectivity index (χ1v) is 8.05. The summed E-state index contributed by atoms with van der Waals surface area (Å²) in [4.78, 5) is 10.9. The number of carbonyl (C=O) groups is 1. The minimum atomic E-state index is -3.24. The third kappa shape index (κ3) is 3.49. The zero-order valence-corrected chi connectivity index (χ0v) is 11.9. The van der Waals surface area contributed by atoms with Gasteiger partial charge in [-0.25, -0.2) is 17.9 Å². The Hall–Kier alpha value is -1.60. The third-order valence-corrected chi connectivity index (χ3v) is 4.57. The number of ether oxygens (including phenoxy) is 1. The zero-order chi connectivity index (χ0) is 14.8. The lowest BCUT2D eigenvalue weighted by Crippen LogP contribution is -2.25. The predicted octanol–water partition coefficient (Wildman–Crippen LogP) is 0.904. The van der Waals surface area contributed by atoms with E-state index in [4.69, 9.17) is 9.84 Å². The van der Waals surface area contributed by atoms with Crippen LogP contribution in [-0.4, -0.2) is 31.4 Å². The van der Waals surface area contributed by atoms with Crippen LogP contribution in [0.15, 0.2) is 18.2 Å². The number of carboxylic acid groups (broad SMARTS) is 1. The lowest BCUT2D eigenvalue weighted by molar-refractivity contribution is -0.144. The summed E-state index contributed by atoms with van der Waals surface area (Å²) in [5.41, 5.74) is 1.59. The summed E-state index contributed by atoms with van der Waals surface area (Å²) in [6, 6.07) is 5.20. The monoisotopic (exact) mass is 299 g/mol. The van der Waals surface area contributed by atoms with Gasteiger partial charge in [0.1, 0.15) is 5.75 Å². The van der Waals surface area contributed by atoms with E-state index in [2.05, 4.69) is 4.72 Å². The largest absolute Gasteiger partial charge is 0.478 e. The summed E-state index contributed by atoms with van der Waals surface area (Å²) in [5.74, 6) is -0.341. The van der Waals surface area contributed by atoms with E-state index in [-0.39, 0.29) is 12.3 Å². The molecule has 0 aliphatic carbocycles. The van der Waals surface area contributed by atoms with Gasteiger partial charge < -0.3 is 9.84 Å². The Kier molecular flexibility index (Phi) is 4.29. The molecule has 7 heteroatoms. The van der Waals surface area contributed by atoms with Gasteiger partial charge in [-0.3, -0.25) is 0 Å². The molecule has 6 nitrogen and oxygen atoms in total. The summed E-state index contributed by atoms with van der Waals surface area (Å²) in [5, 5.41) is 8.91. The summed E-state index contributed by atoms with van der Waals surface area (Å²) < 4.78 is 30.9. The lowest BCUT2D eigenvalue weighted by atomic mass is 10.1. The van der Waals surface area contributed by atoms with Gasteiger partial charge in [0, 0.05) is 13.0 Å². The van der Waals surface area contributed by atoms with Crippen molar-refractivity contribution in [1.29, 1.82) is 0 Å². The van der Waals surface area contributed by atoms with Crippen LogP contribution in [-0.2, 0) is 27.8 Å². The molecule has 1 atom stereocenters. The Bertz CT molecular complexity index is 611. The molecule has 0 radical (unpaired) electrons. The van der Waals surface area contributed by atoms with Crippen LogP contribution in [0.5, 0.6) is 5.75 Å². The number of rotatable bonds is 6. The summed E-state index contributed by atoms with van der Waals surface area (Å²) in [7, 11) is -3.24. The van der Waals surface area contributed by atoms with Crippen molar-refractivity contribution in [2.24, 2.45) is 0 Å². The van der Waals surface area contributed by atoms with Crippen LogP contribution >= 0.6 is 0 Å². The number of carboxylic acids is 1. The molecule has 0 saturated heterocycles. The van der Waals surface area contributed by atoms with E-state index in [1.54, 1.807) is 25.1 Å². The molecule has 110 valence electrons. The van der Waals surface area contributed by atoms with E-state index in [0.29, 0.717) is 18.6 Å². The van der Waals surface area contributed by atoms with E-state index in [0.717, 1.165) is 11.1 Å². The lowest BCUT2D eigenvalue weighted by Gasteiger charge is -2.07. The molecule has 1 aromatic rings. The van der Waals surface area contributed by atoms with Crippen LogP contribution in [0, 0.1) is 0 Å². The quantitative estimate of drug-likeness (QED) is 0.814. The van der Waals surface area contributed by atoms with Crippen LogP contribution in [0.2, 0.25) is 0 Å². The highest BCUT2D eigenvalue weighted by molar-refractivity contribution is 7.89. The molecule has 0 unspecified atom stereocenters. The Labute approximate surface area is 117 Å². The van der Waals surface area contributed by atoms with Gasteiger partial charge in [-0.2, -0.15) is 0 Å². The normalized spacial score (nSPS) is 17.6. The van der Waals surface area contributed by atoms with E-state index >= 15 is 0 Å². The fourth-order valence-electron chi connectivity index (χ4n) is 2.08. The molecule has 1 aromatic carbocycles. The Morgan fingerprint density at radius 3 is 2.90 bits per heavy atom. The van der Waals surface area contributed by atoms with Gasteiger partial charge in [-0.1, -0.05) is 19.1 Å². The standard InChI is InChI=1S/C13H17NO5S/c1-2-5-20(17,18)14-8-9-3-4-11-10(6-9)7-12(19-11)13(15)16/h3-4,6,12,14H,2,5,7-8H2,1H3,(H,15,16)/t12-/m0/s1. The topological polar surface area (TPSA) is 92.7 Å². The second-order valence-corrected chi connectivity index (χ2v) is 6.66. The molecule has 0 aromatic heterocycles. The van der Waals surface area contributed by atoms with Crippen molar-refractivity contribution < 1.29 is 23.1 Å². The number of fused-ring (bicyclic) bond motifs is 1. The fraction of sp³-hybridized carbons (Fsp3) is 0.462. The number of hydrogen-bond acceptors (Lipinski definition) is 4. The first kappa shape index (κ1) is 14.8. The van der Waals surface area contributed by atoms with Crippen LogP contribution in [0.25, 0.3) is 0 Å². The van der Waals surface area contributed by atoms with Crippen molar-refractivity contribution in [3.05, 3.63) is 29.3 Å². The second-order valence-electron chi connectivity index (χ2n) is 4.73. The van der Waals surface area contributed by atoms with Gasteiger partial charge in [0.15, 0.2) is 6.10 Å². The molecule has 0 bridgehead atoms. The summed E-state index contributed by atoms with van der Waals surface area (Å²) in [6.45, 7) is 2.01. The van der Waals surface area contributed by atoms with Crippen molar-refractivity contribution in [3.63, 3.8) is 0 Å². The molecule has 2 N–H and O–H groups in total. The van der Waals surface area contributed by atoms with Crippen LogP contribution in [0.1, 0.15) is 24.5 Å². The first-order chi connectivity index (χ1) is 9.41. The Morgan fingerprint density at radius 2 is 2.25 bits per heavy atom. The SMILES string of the molecule is CCCS(=O)(=O)NCc1ccc2c(c1)C[C@@H](C(=O)O)O2. The number of benzene rings is 1. The minimum absolute atomic E-state index is 0.0993. The van der Waals surface area contributed by atoms with Gasteiger partial charge in [0.2, 0.25) is 10.0 Å². The third-order valence-electron chi connectivity index (χ3n) is 3.04. The maximum absolute atomic E-state index is 11.6. The Balaban J connectivity index is 2.03. The van der Waals surface area contributed by atoms with E-state index in [1.165, 1.54) is 0 Å². The fourth-order valence-corrected chi connectivity index (χ4v) is 3.15. The predicted molar refractivity (Wildman–Crippen MR) is 73.1 cm³/mol. The summed E-state index contributed by atoms with van der Waals surface area (Å²) >= 11 is 0. The molecule has 1 aliphatic rings. The van der Waals surface area contributed by atoms with Crippen molar-refractivity contribution in [1.82, 2.24) is 4.72 Å². The van der Waals surface area contributed by atoms with Crippen molar-refractivity contribution in [2.45, 2.75) is 32.4 Å². The van der Waals surface area contributed by atoms with Crippen LogP contribution < -0.4 is 9.46 Å². The van der Waals surface area contributed by atoms with E-state index in [1.807, 2.05) is 0 Å².